The molecule has 1 N–H and O–H groups in total. The van der Waals surface area contributed by atoms with Gasteiger partial charge in [0.25, 0.3) is 0 Å². The van der Waals surface area contributed by atoms with Crippen LogP contribution in [0.4, 0.5) is 0 Å². The van der Waals surface area contributed by atoms with Crippen LogP contribution in [0.3, 0.4) is 0 Å². The molecule has 0 aromatic heterocycles. The average molecular weight is 177 g/mol. The lowest BCUT2D eigenvalue weighted by Gasteiger charge is -2.24. The Kier molecular flexibility index (Phi) is 3.10. The molecule has 1 rings (SSSR count). The molecular formula is C12H19N. The quantitative estimate of drug-likeness (QED) is 0.748. The third kappa shape index (κ3) is 2.31. The molecular weight excluding hydrogens is 158 g/mol. The van der Waals surface area contributed by atoms with Gasteiger partial charge < -0.3 is 5.32 Å². The molecule has 0 atom stereocenters. The number of aryl methyl sites for hydroxylation is 1. The molecule has 0 fully saturated rings. The highest BCUT2D eigenvalue weighted by molar-refractivity contribution is 5.27. The smallest absolute Gasteiger partial charge is 0.0374 e. The third-order valence-electron chi connectivity index (χ3n) is 2.71. The predicted octanol–water partition coefficient (Wildman–Crippen LogP) is 2.70. The van der Waals surface area contributed by atoms with E-state index in [-0.39, 0.29) is 5.54 Å². The molecule has 0 aliphatic heterocycles. The molecule has 0 bridgehead atoms. The van der Waals surface area contributed by atoms with Crippen molar-refractivity contribution in [3.63, 3.8) is 0 Å². The van der Waals surface area contributed by atoms with Crippen LogP contribution in [0.2, 0.25) is 0 Å². The summed E-state index contributed by atoms with van der Waals surface area (Å²) in [7, 11) is 1.99. The van der Waals surface area contributed by atoms with Gasteiger partial charge in [0.1, 0.15) is 0 Å². The molecule has 0 spiro atoms. The van der Waals surface area contributed by atoms with Crippen LogP contribution >= 0.6 is 0 Å². The van der Waals surface area contributed by atoms with E-state index in [1.165, 1.54) is 11.1 Å². The van der Waals surface area contributed by atoms with Gasteiger partial charge in [-0.25, -0.2) is 0 Å². The molecule has 1 heteroatoms. The van der Waals surface area contributed by atoms with Crippen molar-refractivity contribution in [1.82, 2.24) is 5.32 Å². The number of nitrogens with one attached hydrogen (secondary N) is 1. The summed E-state index contributed by atoms with van der Waals surface area (Å²) in [5.74, 6) is 0. The Morgan fingerprint density at radius 1 is 1.15 bits per heavy atom. The highest BCUT2D eigenvalue weighted by Crippen LogP contribution is 2.19. The van der Waals surface area contributed by atoms with E-state index in [2.05, 4.69) is 50.4 Å². The summed E-state index contributed by atoms with van der Waals surface area (Å²) < 4.78 is 0. The molecule has 0 amide bonds. The monoisotopic (exact) mass is 177 g/mol. The molecule has 0 aliphatic rings. The summed E-state index contributed by atoms with van der Waals surface area (Å²) in [6, 6.07) is 8.81. The minimum absolute atomic E-state index is 0.0757. The highest BCUT2D eigenvalue weighted by atomic mass is 14.9. The summed E-state index contributed by atoms with van der Waals surface area (Å²) in [6.07, 6.45) is 1.11. The van der Waals surface area contributed by atoms with Crippen LogP contribution in [0.1, 0.15) is 31.9 Å². The topological polar surface area (TPSA) is 12.0 Å². The molecule has 0 saturated heterocycles. The van der Waals surface area contributed by atoms with Crippen LogP contribution in [-0.2, 0) is 12.0 Å². The number of rotatable bonds is 3. The maximum atomic E-state index is 3.30. The molecule has 72 valence electrons. The summed E-state index contributed by atoms with van der Waals surface area (Å²) in [5, 5.41) is 3.30. The largest absolute Gasteiger partial charge is 0.311 e. The first kappa shape index (κ1) is 10.3. The lowest BCUT2D eigenvalue weighted by atomic mass is 9.93. The van der Waals surface area contributed by atoms with Gasteiger partial charge in [-0.3, -0.25) is 0 Å². The molecule has 0 aliphatic carbocycles. The zero-order chi connectivity index (χ0) is 9.90. The normalized spacial score (nSPS) is 11.7. The molecule has 0 radical (unpaired) electrons. The van der Waals surface area contributed by atoms with Crippen molar-refractivity contribution in [1.29, 1.82) is 0 Å². The van der Waals surface area contributed by atoms with Crippen molar-refractivity contribution in [3.8, 4) is 0 Å². The van der Waals surface area contributed by atoms with Crippen LogP contribution in [0.15, 0.2) is 24.3 Å². The SMILES string of the molecule is CCc1ccc(C(C)(C)NC)cc1. The van der Waals surface area contributed by atoms with Crippen LogP contribution in [0.25, 0.3) is 0 Å². The van der Waals surface area contributed by atoms with Crippen LogP contribution in [0.5, 0.6) is 0 Å². The van der Waals surface area contributed by atoms with E-state index in [9.17, 15) is 0 Å². The third-order valence-corrected chi connectivity index (χ3v) is 2.71. The number of hydrogen-bond acceptors (Lipinski definition) is 1. The van der Waals surface area contributed by atoms with Crippen molar-refractivity contribution in [2.45, 2.75) is 32.7 Å². The maximum Gasteiger partial charge on any atom is 0.0374 e. The Balaban J connectivity index is 2.92. The fourth-order valence-electron chi connectivity index (χ4n) is 1.30. The van der Waals surface area contributed by atoms with E-state index in [0.717, 1.165) is 6.42 Å². The minimum atomic E-state index is 0.0757. The number of benzene rings is 1. The zero-order valence-electron chi connectivity index (χ0n) is 9.02. The standard InChI is InChI=1S/C12H19N/c1-5-10-6-8-11(9-7-10)12(2,3)13-4/h6-9,13H,5H2,1-4H3. The van der Waals surface area contributed by atoms with Crippen molar-refractivity contribution in [3.05, 3.63) is 35.4 Å². The molecule has 1 aromatic carbocycles. The van der Waals surface area contributed by atoms with Gasteiger partial charge in [-0.15, -0.1) is 0 Å². The van der Waals surface area contributed by atoms with Crippen molar-refractivity contribution >= 4 is 0 Å². The van der Waals surface area contributed by atoms with Crippen LogP contribution in [-0.4, -0.2) is 7.05 Å². The zero-order valence-corrected chi connectivity index (χ0v) is 9.02. The van der Waals surface area contributed by atoms with Gasteiger partial charge in [0.05, 0.1) is 0 Å². The van der Waals surface area contributed by atoms with Gasteiger partial charge in [-0.2, -0.15) is 0 Å². The van der Waals surface area contributed by atoms with Gasteiger partial charge >= 0.3 is 0 Å². The molecule has 0 unspecified atom stereocenters. The van der Waals surface area contributed by atoms with Gasteiger partial charge in [-0.1, -0.05) is 31.2 Å². The highest BCUT2D eigenvalue weighted by Gasteiger charge is 2.16. The van der Waals surface area contributed by atoms with Gasteiger partial charge in [0.2, 0.25) is 0 Å². The van der Waals surface area contributed by atoms with Gasteiger partial charge in [0, 0.05) is 5.54 Å². The fraction of sp³-hybridized carbons (Fsp3) is 0.500. The van der Waals surface area contributed by atoms with Crippen LogP contribution < -0.4 is 5.32 Å². The van der Waals surface area contributed by atoms with Crippen molar-refractivity contribution < 1.29 is 0 Å². The molecule has 1 aromatic rings. The lowest BCUT2D eigenvalue weighted by Crippen LogP contribution is -2.32. The van der Waals surface area contributed by atoms with E-state index in [1.807, 2.05) is 7.05 Å². The van der Waals surface area contributed by atoms with Crippen molar-refractivity contribution in [2.75, 3.05) is 7.05 Å². The average Bonchev–Trinajstić information content (AvgIpc) is 2.18. The number of hydrogen-bond donors (Lipinski definition) is 1. The van der Waals surface area contributed by atoms with Gasteiger partial charge in [-0.05, 0) is 38.4 Å². The second-order valence-electron chi connectivity index (χ2n) is 3.93. The summed E-state index contributed by atoms with van der Waals surface area (Å²) in [5.41, 5.74) is 2.81. The molecule has 0 saturated carbocycles. The van der Waals surface area contributed by atoms with Gasteiger partial charge in [0.15, 0.2) is 0 Å². The van der Waals surface area contributed by atoms with Crippen molar-refractivity contribution in [2.24, 2.45) is 0 Å². The first-order chi connectivity index (χ1) is 6.10. The Hall–Kier alpha value is -0.820. The summed E-state index contributed by atoms with van der Waals surface area (Å²) in [4.78, 5) is 0. The fourth-order valence-corrected chi connectivity index (χ4v) is 1.30. The summed E-state index contributed by atoms with van der Waals surface area (Å²) >= 11 is 0. The summed E-state index contributed by atoms with van der Waals surface area (Å²) in [6.45, 7) is 6.56. The first-order valence-electron chi connectivity index (χ1n) is 4.88. The molecule has 0 heterocycles. The second-order valence-corrected chi connectivity index (χ2v) is 3.93. The second kappa shape index (κ2) is 3.93. The minimum Gasteiger partial charge on any atom is -0.311 e. The predicted molar refractivity (Wildman–Crippen MR) is 57.9 cm³/mol. The Morgan fingerprint density at radius 2 is 1.69 bits per heavy atom. The molecule has 1 nitrogen and oxygen atoms in total. The lowest BCUT2D eigenvalue weighted by molar-refractivity contribution is 0.444. The van der Waals surface area contributed by atoms with E-state index < -0.39 is 0 Å². The van der Waals surface area contributed by atoms with Crippen LogP contribution in [0, 0.1) is 0 Å². The Bertz CT molecular complexity index is 259. The van der Waals surface area contributed by atoms with E-state index in [0.29, 0.717) is 0 Å². The molecule has 13 heavy (non-hydrogen) atoms. The Labute approximate surface area is 81.2 Å². The maximum absolute atomic E-state index is 3.30. The first-order valence-corrected chi connectivity index (χ1v) is 4.88. The van der Waals surface area contributed by atoms with E-state index in [4.69, 9.17) is 0 Å². The van der Waals surface area contributed by atoms with E-state index in [1.54, 1.807) is 0 Å². The van der Waals surface area contributed by atoms with E-state index >= 15 is 0 Å². The Morgan fingerprint density at radius 3 is 2.08 bits per heavy atom.